The van der Waals surface area contributed by atoms with E-state index < -0.39 is 0 Å². The lowest BCUT2D eigenvalue weighted by Crippen LogP contribution is -2.34. The van der Waals surface area contributed by atoms with E-state index in [4.69, 9.17) is 10.5 Å². The molecule has 1 heterocycles. The summed E-state index contributed by atoms with van der Waals surface area (Å²) in [6.45, 7) is 4.81. The molecule has 0 aliphatic carbocycles. The molecule has 134 valence electrons. The average molecular weight is 341 g/mol. The molecule has 1 atom stereocenters. The topological polar surface area (TPSA) is 68.5 Å². The van der Waals surface area contributed by atoms with Gasteiger partial charge in [-0.1, -0.05) is 26.0 Å². The SMILES string of the molecule is COc1ccc(-c2cncc(C(=O)N(C)CCC(N)C(C)C)c2)cc1. The van der Waals surface area contributed by atoms with Crippen LogP contribution in [0.2, 0.25) is 0 Å². The van der Waals surface area contributed by atoms with Gasteiger partial charge in [-0.25, -0.2) is 0 Å². The number of hydrogen-bond acceptors (Lipinski definition) is 4. The number of rotatable bonds is 7. The van der Waals surface area contributed by atoms with Crippen LogP contribution in [0.15, 0.2) is 42.7 Å². The number of amides is 1. The molecule has 0 saturated heterocycles. The van der Waals surface area contributed by atoms with Crippen molar-refractivity contribution in [3.8, 4) is 16.9 Å². The van der Waals surface area contributed by atoms with Crippen molar-refractivity contribution in [2.45, 2.75) is 26.3 Å². The minimum atomic E-state index is -0.0428. The summed E-state index contributed by atoms with van der Waals surface area (Å²) in [6, 6.07) is 9.66. The van der Waals surface area contributed by atoms with Gasteiger partial charge in [0.1, 0.15) is 5.75 Å². The Labute approximate surface area is 149 Å². The highest BCUT2D eigenvalue weighted by Gasteiger charge is 2.15. The number of nitrogens with zero attached hydrogens (tertiary/aromatic N) is 2. The molecule has 0 aliphatic heterocycles. The molecule has 0 bridgehead atoms. The molecule has 2 N–H and O–H groups in total. The molecular formula is C20H27N3O2. The van der Waals surface area contributed by atoms with Gasteiger partial charge in [0.25, 0.3) is 5.91 Å². The predicted octanol–water partition coefficient (Wildman–Crippen LogP) is 3.20. The van der Waals surface area contributed by atoms with Crippen LogP contribution in [-0.4, -0.2) is 42.5 Å². The average Bonchev–Trinajstić information content (AvgIpc) is 2.65. The van der Waals surface area contributed by atoms with Crippen molar-refractivity contribution >= 4 is 5.91 Å². The highest BCUT2D eigenvalue weighted by atomic mass is 16.5. The highest BCUT2D eigenvalue weighted by Crippen LogP contribution is 2.22. The van der Waals surface area contributed by atoms with Gasteiger partial charge in [0.05, 0.1) is 12.7 Å². The summed E-state index contributed by atoms with van der Waals surface area (Å²) in [6.07, 6.45) is 4.15. The fraction of sp³-hybridized carbons (Fsp3) is 0.400. The van der Waals surface area contributed by atoms with E-state index in [9.17, 15) is 4.79 Å². The second-order valence-electron chi connectivity index (χ2n) is 6.61. The van der Waals surface area contributed by atoms with Crippen LogP contribution < -0.4 is 10.5 Å². The minimum absolute atomic E-state index is 0.0428. The molecule has 5 nitrogen and oxygen atoms in total. The van der Waals surface area contributed by atoms with Crippen LogP contribution in [0.5, 0.6) is 5.75 Å². The fourth-order valence-corrected chi connectivity index (χ4v) is 2.50. The Bertz CT molecular complexity index is 698. The van der Waals surface area contributed by atoms with Crippen molar-refractivity contribution in [2.75, 3.05) is 20.7 Å². The van der Waals surface area contributed by atoms with Crippen molar-refractivity contribution in [1.29, 1.82) is 0 Å². The number of carbonyl (C=O) groups excluding carboxylic acids is 1. The van der Waals surface area contributed by atoms with E-state index in [1.54, 1.807) is 31.5 Å². The number of nitrogens with two attached hydrogens (primary N) is 1. The smallest absolute Gasteiger partial charge is 0.255 e. The Kier molecular flexibility index (Phi) is 6.53. The van der Waals surface area contributed by atoms with Crippen molar-refractivity contribution in [1.82, 2.24) is 9.88 Å². The van der Waals surface area contributed by atoms with E-state index in [1.807, 2.05) is 30.3 Å². The second-order valence-corrected chi connectivity index (χ2v) is 6.61. The summed E-state index contributed by atoms with van der Waals surface area (Å²) >= 11 is 0. The zero-order valence-corrected chi connectivity index (χ0v) is 15.4. The first-order valence-electron chi connectivity index (χ1n) is 8.53. The van der Waals surface area contributed by atoms with Crippen LogP contribution in [0.3, 0.4) is 0 Å². The summed E-state index contributed by atoms with van der Waals surface area (Å²) in [4.78, 5) is 18.6. The van der Waals surface area contributed by atoms with Crippen molar-refractivity contribution < 1.29 is 9.53 Å². The molecule has 2 aromatic rings. The minimum Gasteiger partial charge on any atom is -0.497 e. The molecule has 0 saturated carbocycles. The maximum atomic E-state index is 12.6. The normalized spacial score (nSPS) is 12.1. The van der Waals surface area contributed by atoms with Gasteiger partial charge in [0, 0.05) is 37.6 Å². The van der Waals surface area contributed by atoms with E-state index in [-0.39, 0.29) is 11.9 Å². The molecule has 1 aromatic carbocycles. The number of methoxy groups -OCH3 is 1. The maximum absolute atomic E-state index is 12.6. The Morgan fingerprint density at radius 2 is 1.88 bits per heavy atom. The van der Waals surface area contributed by atoms with Gasteiger partial charge in [-0.2, -0.15) is 0 Å². The third-order valence-corrected chi connectivity index (χ3v) is 4.41. The van der Waals surface area contributed by atoms with Crippen LogP contribution in [0.4, 0.5) is 0 Å². The summed E-state index contributed by atoms with van der Waals surface area (Å²) in [5.74, 6) is 1.16. The molecule has 0 radical (unpaired) electrons. The number of aromatic nitrogens is 1. The van der Waals surface area contributed by atoms with Gasteiger partial charge < -0.3 is 15.4 Å². The van der Waals surface area contributed by atoms with Gasteiger partial charge in [0.15, 0.2) is 0 Å². The third kappa shape index (κ3) is 5.03. The lowest BCUT2D eigenvalue weighted by molar-refractivity contribution is 0.0789. The van der Waals surface area contributed by atoms with Crippen LogP contribution in [-0.2, 0) is 0 Å². The number of ether oxygens (including phenoxy) is 1. The molecular weight excluding hydrogens is 314 g/mol. The van der Waals surface area contributed by atoms with Crippen LogP contribution in [0.1, 0.15) is 30.6 Å². The Morgan fingerprint density at radius 1 is 1.20 bits per heavy atom. The first kappa shape index (κ1) is 18.9. The monoisotopic (exact) mass is 341 g/mol. The fourth-order valence-electron chi connectivity index (χ4n) is 2.50. The van der Waals surface area contributed by atoms with Crippen LogP contribution >= 0.6 is 0 Å². The number of carbonyl (C=O) groups is 1. The summed E-state index contributed by atoms with van der Waals surface area (Å²) in [5.41, 5.74) is 8.54. The standard InChI is InChI=1S/C20H27N3O2/c1-14(2)19(21)9-10-23(3)20(24)17-11-16(12-22-13-17)15-5-7-18(25-4)8-6-15/h5-8,11-14,19H,9-10,21H2,1-4H3. The Hall–Kier alpha value is -2.40. The van der Waals surface area contributed by atoms with Gasteiger partial charge >= 0.3 is 0 Å². The van der Waals surface area contributed by atoms with Crippen LogP contribution in [0, 0.1) is 5.92 Å². The summed E-state index contributed by atoms with van der Waals surface area (Å²) in [7, 11) is 3.44. The van der Waals surface area contributed by atoms with Gasteiger partial charge in [-0.05, 0) is 36.1 Å². The first-order valence-corrected chi connectivity index (χ1v) is 8.53. The zero-order chi connectivity index (χ0) is 18.4. The molecule has 1 unspecified atom stereocenters. The maximum Gasteiger partial charge on any atom is 0.255 e. The van der Waals surface area contributed by atoms with Crippen molar-refractivity contribution in [3.05, 3.63) is 48.3 Å². The molecule has 0 fully saturated rings. The molecule has 1 aromatic heterocycles. The van der Waals surface area contributed by atoms with Crippen molar-refractivity contribution in [3.63, 3.8) is 0 Å². The number of pyridine rings is 1. The molecule has 0 spiro atoms. The van der Waals surface area contributed by atoms with E-state index >= 15 is 0 Å². The van der Waals surface area contributed by atoms with E-state index in [0.717, 1.165) is 23.3 Å². The number of hydrogen-bond donors (Lipinski definition) is 1. The molecule has 25 heavy (non-hydrogen) atoms. The van der Waals surface area contributed by atoms with E-state index in [2.05, 4.69) is 18.8 Å². The largest absolute Gasteiger partial charge is 0.497 e. The first-order chi connectivity index (χ1) is 11.9. The highest BCUT2D eigenvalue weighted by molar-refractivity contribution is 5.94. The van der Waals surface area contributed by atoms with Gasteiger partial charge in [0.2, 0.25) is 0 Å². The lowest BCUT2D eigenvalue weighted by Gasteiger charge is -2.21. The molecule has 0 aliphatic rings. The van der Waals surface area contributed by atoms with E-state index in [0.29, 0.717) is 18.0 Å². The Morgan fingerprint density at radius 3 is 2.48 bits per heavy atom. The second kappa shape index (κ2) is 8.62. The van der Waals surface area contributed by atoms with E-state index in [1.165, 1.54) is 0 Å². The molecule has 5 heteroatoms. The quantitative estimate of drug-likeness (QED) is 0.840. The Balaban J connectivity index is 2.10. The van der Waals surface area contributed by atoms with Crippen LogP contribution in [0.25, 0.3) is 11.1 Å². The predicted molar refractivity (Wildman–Crippen MR) is 101 cm³/mol. The summed E-state index contributed by atoms with van der Waals surface area (Å²) < 4.78 is 5.17. The molecule has 1 amide bonds. The summed E-state index contributed by atoms with van der Waals surface area (Å²) in [5, 5.41) is 0. The zero-order valence-electron chi connectivity index (χ0n) is 15.4. The number of benzene rings is 1. The van der Waals surface area contributed by atoms with Crippen molar-refractivity contribution in [2.24, 2.45) is 11.7 Å². The lowest BCUT2D eigenvalue weighted by atomic mass is 10.0. The van der Waals surface area contributed by atoms with Gasteiger partial charge in [-0.3, -0.25) is 9.78 Å². The third-order valence-electron chi connectivity index (χ3n) is 4.41. The van der Waals surface area contributed by atoms with Gasteiger partial charge in [-0.15, -0.1) is 0 Å². The molecule has 2 rings (SSSR count).